The maximum Gasteiger partial charge on any atom is 0.251 e. The summed E-state index contributed by atoms with van der Waals surface area (Å²) in [4.78, 5) is 16.0. The number of hydrogen-bond acceptors (Lipinski definition) is 2. The van der Waals surface area contributed by atoms with Crippen molar-refractivity contribution in [1.29, 1.82) is 0 Å². The SMILES string of the molecule is CNC(=O)c1cccc(CN=C(N)NC2CCCCCC2)c1. The van der Waals surface area contributed by atoms with Gasteiger partial charge in [-0.3, -0.25) is 4.79 Å². The Balaban J connectivity index is 1.91. The fraction of sp³-hybridized carbons (Fsp3) is 0.529. The summed E-state index contributed by atoms with van der Waals surface area (Å²) in [7, 11) is 1.63. The Labute approximate surface area is 132 Å². The largest absolute Gasteiger partial charge is 0.370 e. The minimum Gasteiger partial charge on any atom is -0.370 e. The third-order valence-electron chi connectivity index (χ3n) is 4.06. The molecule has 4 N–H and O–H groups in total. The molecule has 1 aliphatic carbocycles. The Bertz CT molecular complexity index is 519. The highest BCUT2D eigenvalue weighted by atomic mass is 16.1. The van der Waals surface area contributed by atoms with E-state index in [1.807, 2.05) is 18.2 Å². The van der Waals surface area contributed by atoms with E-state index in [1.54, 1.807) is 13.1 Å². The second-order valence-electron chi connectivity index (χ2n) is 5.81. The van der Waals surface area contributed by atoms with Crippen molar-refractivity contribution in [2.75, 3.05) is 7.05 Å². The van der Waals surface area contributed by atoms with Gasteiger partial charge in [0.2, 0.25) is 0 Å². The molecule has 5 heteroatoms. The maximum absolute atomic E-state index is 11.6. The Kier molecular flexibility index (Phi) is 6.25. The topological polar surface area (TPSA) is 79.5 Å². The van der Waals surface area contributed by atoms with Crippen LogP contribution in [0.5, 0.6) is 0 Å². The molecule has 1 fully saturated rings. The molecule has 1 saturated carbocycles. The molecule has 0 aromatic heterocycles. The highest BCUT2D eigenvalue weighted by Crippen LogP contribution is 2.17. The van der Waals surface area contributed by atoms with Crippen LogP contribution in [0.25, 0.3) is 0 Å². The summed E-state index contributed by atoms with van der Waals surface area (Å²) in [5.41, 5.74) is 7.61. The fourth-order valence-corrected chi connectivity index (χ4v) is 2.81. The predicted molar refractivity (Wildman–Crippen MR) is 89.8 cm³/mol. The first-order valence-corrected chi connectivity index (χ1v) is 8.06. The van der Waals surface area contributed by atoms with Crippen LogP contribution in [0.2, 0.25) is 0 Å². The molecule has 0 aliphatic heterocycles. The zero-order valence-electron chi connectivity index (χ0n) is 13.3. The molecule has 1 aliphatic rings. The Morgan fingerprint density at radius 3 is 2.68 bits per heavy atom. The third kappa shape index (κ3) is 5.06. The number of nitrogens with zero attached hydrogens (tertiary/aromatic N) is 1. The molecule has 0 saturated heterocycles. The molecular formula is C17H26N4O. The molecule has 5 nitrogen and oxygen atoms in total. The average Bonchev–Trinajstić information content (AvgIpc) is 2.81. The lowest BCUT2D eigenvalue weighted by Gasteiger charge is -2.16. The Hall–Kier alpha value is -2.04. The number of carbonyl (C=O) groups excluding carboxylic acids is 1. The first-order chi connectivity index (χ1) is 10.7. The summed E-state index contributed by atoms with van der Waals surface area (Å²) >= 11 is 0. The number of nitrogens with two attached hydrogens (primary N) is 1. The van der Waals surface area contributed by atoms with Crippen LogP contribution in [0, 0.1) is 0 Å². The quantitative estimate of drug-likeness (QED) is 0.453. The number of rotatable bonds is 4. The van der Waals surface area contributed by atoms with Crippen molar-refractivity contribution in [2.24, 2.45) is 10.7 Å². The smallest absolute Gasteiger partial charge is 0.251 e. The number of aliphatic imine (C=N–C) groups is 1. The van der Waals surface area contributed by atoms with Gasteiger partial charge < -0.3 is 16.4 Å². The van der Waals surface area contributed by atoms with Crippen molar-refractivity contribution in [3.05, 3.63) is 35.4 Å². The van der Waals surface area contributed by atoms with Gasteiger partial charge in [0, 0.05) is 18.7 Å². The minimum absolute atomic E-state index is 0.0876. The van der Waals surface area contributed by atoms with Crippen molar-refractivity contribution in [3.8, 4) is 0 Å². The molecule has 0 spiro atoms. The van der Waals surface area contributed by atoms with Gasteiger partial charge >= 0.3 is 0 Å². The summed E-state index contributed by atoms with van der Waals surface area (Å²) in [6.45, 7) is 0.483. The molecule has 22 heavy (non-hydrogen) atoms. The highest BCUT2D eigenvalue weighted by Gasteiger charge is 2.12. The lowest BCUT2D eigenvalue weighted by molar-refractivity contribution is 0.0963. The zero-order valence-corrected chi connectivity index (χ0v) is 13.3. The van der Waals surface area contributed by atoms with Crippen LogP contribution in [0.1, 0.15) is 54.4 Å². The summed E-state index contributed by atoms with van der Waals surface area (Å²) in [6.07, 6.45) is 7.51. The number of nitrogens with one attached hydrogen (secondary N) is 2. The van der Waals surface area contributed by atoms with Gasteiger partial charge in [0.1, 0.15) is 0 Å². The van der Waals surface area contributed by atoms with E-state index in [2.05, 4.69) is 15.6 Å². The molecule has 2 rings (SSSR count). The van der Waals surface area contributed by atoms with Crippen LogP contribution in [-0.2, 0) is 6.54 Å². The van der Waals surface area contributed by atoms with E-state index >= 15 is 0 Å². The fourth-order valence-electron chi connectivity index (χ4n) is 2.81. The van der Waals surface area contributed by atoms with Crippen molar-refractivity contribution >= 4 is 11.9 Å². The molecule has 1 aromatic rings. The van der Waals surface area contributed by atoms with Crippen molar-refractivity contribution in [3.63, 3.8) is 0 Å². The first-order valence-electron chi connectivity index (χ1n) is 8.06. The van der Waals surface area contributed by atoms with Crippen molar-refractivity contribution in [1.82, 2.24) is 10.6 Å². The first kappa shape index (κ1) is 16.3. The highest BCUT2D eigenvalue weighted by molar-refractivity contribution is 5.94. The second kappa shape index (κ2) is 8.41. The average molecular weight is 302 g/mol. The molecule has 0 bridgehead atoms. The van der Waals surface area contributed by atoms with E-state index in [0.29, 0.717) is 24.1 Å². The molecule has 0 unspecified atom stereocenters. The van der Waals surface area contributed by atoms with Crippen LogP contribution < -0.4 is 16.4 Å². The molecule has 0 atom stereocenters. The van der Waals surface area contributed by atoms with Crippen LogP contribution in [0.3, 0.4) is 0 Å². The lowest BCUT2D eigenvalue weighted by atomic mass is 10.1. The summed E-state index contributed by atoms with van der Waals surface area (Å²) < 4.78 is 0. The Morgan fingerprint density at radius 2 is 2.00 bits per heavy atom. The second-order valence-corrected chi connectivity index (χ2v) is 5.81. The van der Waals surface area contributed by atoms with Gasteiger partial charge in [-0.1, -0.05) is 37.8 Å². The monoisotopic (exact) mass is 302 g/mol. The van der Waals surface area contributed by atoms with Crippen LogP contribution in [0.15, 0.2) is 29.3 Å². The van der Waals surface area contributed by atoms with E-state index in [0.717, 1.165) is 5.56 Å². The van der Waals surface area contributed by atoms with Gasteiger partial charge in [-0.05, 0) is 30.5 Å². The number of carbonyl (C=O) groups is 1. The molecular weight excluding hydrogens is 276 g/mol. The van der Waals surface area contributed by atoms with Crippen molar-refractivity contribution in [2.45, 2.75) is 51.1 Å². The summed E-state index contributed by atoms with van der Waals surface area (Å²) in [6, 6.07) is 7.91. The van der Waals surface area contributed by atoms with Crippen LogP contribution >= 0.6 is 0 Å². The minimum atomic E-state index is -0.0876. The normalized spacial score (nSPS) is 16.9. The maximum atomic E-state index is 11.6. The van der Waals surface area contributed by atoms with Crippen molar-refractivity contribution < 1.29 is 4.79 Å². The van der Waals surface area contributed by atoms with Gasteiger partial charge in [0.05, 0.1) is 6.54 Å². The molecule has 1 aromatic carbocycles. The number of hydrogen-bond donors (Lipinski definition) is 3. The van der Waals surface area contributed by atoms with E-state index in [1.165, 1.54) is 38.5 Å². The van der Waals surface area contributed by atoms with E-state index < -0.39 is 0 Å². The predicted octanol–water partition coefficient (Wildman–Crippen LogP) is 2.17. The molecule has 0 heterocycles. The van der Waals surface area contributed by atoms with Crippen LogP contribution in [0.4, 0.5) is 0 Å². The van der Waals surface area contributed by atoms with Gasteiger partial charge in [-0.15, -0.1) is 0 Å². The van der Waals surface area contributed by atoms with Gasteiger partial charge in [-0.2, -0.15) is 0 Å². The molecule has 120 valence electrons. The van der Waals surface area contributed by atoms with Gasteiger partial charge in [0.25, 0.3) is 5.91 Å². The Morgan fingerprint density at radius 1 is 1.27 bits per heavy atom. The van der Waals surface area contributed by atoms with E-state index in [4.69, 9.17) is 5.73 Å². The van der Waals surface area contributed by atoms with Crippen LogP contribution in [-0.4, -0.2) is 25.0 Å². The number of amides is 1. The standard InChI is InChI=1S/C17H26N4O/c1-19-16(22)14-8-6-7-13(11-14)12-20-17(18)21-15-9-4-2-3-5-10-15/h6-8,11,15H,2-5,9-10,12H2,1H3,(H,19,22)(H3,18,20,21). The third-order valence-corrected chi connectivity index (χ3v) is 4.06. The van der Waals surface area contributed by atoms with E-state index in [-0.39, 0.29) is 5.91 Å². The zero-order chi connectivity index (χ0) is 15.8. The van der Waals surface area contributed by atoms with Gasteiger partial charge in [-0.25, -0.2) is 4.99 Å². The molecule has 1 amide bonds. The molecule has 0 radical (unpaired) electrons. The summed E-state index contributed by atoms with van der Waals surface area (Å²) in [5.74, 6) is 0.410. The lowest BCUT2D eigenvalue weighted by Crippen LogP contribution is -2.39. The summed E-state index contributed by atoms with van der Waals surface area (Å²) in [5, 5.41) is 5.95. The van der Waals surface area contributed by atoms with Gasteiger partial charge in [0.15, 0.2) is 5.96 Å². The van der Waals surface area contributed by atoms with E-state index in [9.17, 15) is 4.79 Å². The number of benzene rings is 1. The number of guanidine groups is 1.